The number of para-hydroxylation sites is 1. The van der Waals surface area contributed by atoms with Gasteiger partial charge < -0.3 is 5.32 Å². The second kappa shape index (κ2) is 7.56. The Hall–Kier alpha value is -3.61. The Morgan fingerprint density at radius 1 is 1.11 bits per heavy atom. The molecule has 7 heteroatoms. The lowest BCUT2D eigenvalue weighted by Gasteiger charge is -2.06. The highest BCUT2D eigenvalue weighted by molar-refractivity contribution is 5.90. The minimum absolute atomic E-state index is 0.0814. The van der Waals surface area contributed by atoms with Crippen LogP contribution in [0.15, 0.2) is 60.8 Å². The number of aryl methyl sites for hydroxylation is 1. The number of benzene rings is 2. The van der Waals surface area contributed by atoms with E-state index in [4.69, 9.17) is 0 Å². The van der Waals surface area contributed by atoms with Gasteiger partial charge in [0, 0.05) is 18.1 Å². The van der Waals surface area contributed by atoms with Gasteiger partial charge in [-0.25, -0.2) is 14.1 Å². The number of pyridine rings is 1. The zero-order chi connectivity index (χ0) is 19.5. The molecule has 4 aromatic rings. The smallest absolute Gasteiger partial charge is 0.290 e. The maximum atomic E-state index is 13.1. The van der Waals surface area contributed by atoms with Gasteiger partial charge in [-0.2, -0.15) is 0 Å². The molecule has 0 radical (unpaired) electrons. The normalized spacial score (nSPS) is 10.9. The summed E-state index contributed by atoms with van der Waals surface area (Å²) in [6.07, 6.45) is 2.41. The van der Waals surface area contributed by atoms with Crippen molar-refractivity contribution in [1.29, 1.82) is 0 Å². The molecule has 0 saturated heterocycles. The molecule has 0 unspecified atom stereocenters. The van der Waals surface area contributed by atoms with Crippen LogP contribution in [-0.4, -0.2) is 32.2 Å². The number of rotatable bonds is 5. The van der Waals surface area contributed by atoms with Crippen LogP contribution in [0.1, 0.15) is 22.0 Å². The minimum Gasteiger partial charge on any atom is -0.349 e. The third kappa shape index (κ3) is 3.59. The van der Waals surface area contributed by atoms with E-state index in [0.29, 0.717) is 24.5 Å². The van der Waals surface area contributed by atoms with E-state index >= 15 is 0 Å². The van der Waals surface area contributed by atoms with Gasteiger partial charge in [0.2, 0.25) is 5.82 Å². The average molecular weight is 375 g/mol. The van der Waals surface area contributed by atoms with Gasteiger partial charge in [0.25, 0.3) is 5.91 Å². The molecule has 0 atom stereocenters. The monoisotopic (exact) mass is 375 g/mol. The van der Waals surface area contributed by atoms with E-state index in [0.717, 1.165) is 16.5 Å². The third-order valence-electron chi connectivity index (χ3n) is 4.44. The molecule has 2 heterocycles. The zero-order valence-electron chi connectivity index (χ0n) is 15.3. The first-order chi connectivity index (χ1) is 13.6. The summed E-state index contributed by atoms with van der Waals surface area (Å²) in [5, 5.41) is 8.16. The van der Waals surface area contributed by atoms with Gasteiger partial charge in [0.05, 0.1) is 11.2 Å². The molecule has 1 N–H and O–H groups in total. The van der Waals surface area contributed by atoms with Crippen molar-refractivity contribution >= 4 is 16.8 Å². The molecule has 6 nitrogen and oxygen atoms in total. The molecule has 1 amide bonds. The molecule has 2 aromatic carbocycles. The molecule has 2 aromatic heterocycles. The van der Waals surface area contributed by atoms with Gasteiger partial charge in [-0.1, -0.05) is 24.3 Å². The number of nitrogens with one attached hydrogen (secondary N) is 1. The standard InChI is InChI=1S/C21H18FN5O/c1-14-25-20(26-27(14)18-9-7-17(22)8-10-18)21(28)24-13-11-16-5-2-4-15-6-3-12-23-19(15)16/h2-10,12H,11,13H2,1H3,(H,24,28). The minimum atomic E-state index is -0.350. The largest absolute Gasteiger partial charge is 0.349 e. The lowest BCUT2D eigenvalue weighted by molar-refractivity contribution is 0.0944. The Morgan fingerprint density at radius 2 is 1.89 bits per heavy atom. The van der Waals surface area contributed by atoms with E-state index in [2.05, 4.69) is 20.4 Å². The highest BCUT2D eigenvalue weighted by atomic mass is 19.1. The van der Waals surface area contributed by atoms with E-state index in [9.17, 15) is 9.18 Å². The van der Waals surface area contributed by atoms with Crippen LogP contribution in [0, 0.1) is 12.7 Å². The van der Waals surface area contributed by atoms with Crippen molar-refractivity contribution in [3.05, 3.63) is 83.8 Å². The maximum Gasteiger partial charge on any atom is 0.290 e. The topological polar surface area (TPSA) is 72.7 Å². The fraction of sp³-hybridized carbons (Fsp3) is 0.143. The van der Waals surface area contributed by atoms with Crippen LogP contribution < -0.4 is 5.32 Å². The van der Waals surface area contributed by atoms with Crippen molar-refractivity contribution in [2.75, 3.05) is 6.54 Å². The van der Waals surface area contributed by atoms with E-state index in [1.165, 1.54) is 16.8 Å². The number of amides is 1. The second-order valence-corrected chi connectivity index (χ2v) is 6.37. The maximum absolute atomic E-state index is 13.1. The summed E-state index contributed by atoms with van der Waals surface area (Å²) < 4.78 is 14.6. The van der Waals surface area contributed by atoms with Gasteiger partial charge in [-0.05, 0) is 49.2 Å². The van der Waals surface area contributed by atoms with Gasteiger partial charge in [0.15, 0.2) is 0 Å². The van der Waals surface area contributed by atoms with E-state index < -0.39 is 0 Å². The average Bonchev–Trinajstić information content (AvgIpc) is 3.10. The molecule has 0 aliphatic heterocycles. The van der Waals surface area contributed by atoms with Gasteiger partial charge in [-0.3, -0.25) is 9.78 Å². The number of hydrogen-bond acceptors (Lipinski definition) is 4. The van der Waals surface area contributed by atoms with E-state index in [1.807, 2.05) is 30.3 Å². The van der Waals surface area contributed by atoms with Gasteiger partial charge >= 0.3 is 0 Å². The molecule has 4 rings (SSSR count). The number of carbonyl (C=O) groups is 1. The molecular formula is C21H18FN5O. The fourth-order valence-corrected chi connectivity index (χ4v) is 3.07. The number of nitrogens with zero attached hydrogens (tertiary/aromatic N) is 4. The van der Waals surface area contributed by atoms with Crippen molar-refractivity contribution in [3.63, 3.8) is 0 Å². The van der Waals surface area contributed by atoms with Crippen LogP contribution in [0.25, 0.3) is 16.6 Å². The number of halogens is 1. The van der Waals surface area contributed by atoms with Crippen LogP contribution in [0.5, 0.6) is 0 Å². The van der Waals surface area contributed by atoms with E-state index in [-0.39, 0.29) is 17.5 Å². The third-order valence-corrected chi connectivity index (χ3v) is 4.44. The Morgan fingerprint density at radius 3 is 2.71 bits per heavy atom. The first kappa shape index (κ1) is 17.8. The summed E-state index contributed by atoms with van der Waals surface area (Å²) in [6, 6.07) is 15.8. The van der Waals surface area contributed by atoms with Crippen molar-refractivity contribution in [2.24, 2.45) is 0 Å². The molecular weight excluding hydrogens is 357 g/mol. The SMILES string of the molecule is Cc1nc(C(=O)NCCc2cccc3cccnc23)nn1-c1ccc(F)cc1. The lowest BCUT2D eigenvalue weighted by atomic mass is 10.1. The summed E-state index contributed by atoms with van der Waals surface area (Å²) in [6.45, 7) is 2.19. The van der Waals surface area contributed by atoms with Crippen LogP contribution >= 0.6 is 0 Å². The van der Waals surface area contributed by atoms with Crippen molar-refractivity contribution < 1.29 is 9.18 Å². The van der Waals surface area contributed by atoms with Crippen LogP contribution in [0.3, 0.4) is 0 Å². The summed E-state index contributed by atoms with van der Waals surface area (Å²) in [7, 11) is 0. The molecule has 140 valence electrons. The Bertz CT molecular complexity index is 1130. The quantitative estimate of drug-likeness (QED) is 0.581. The van der Waals surface area contributed by atoms with Crippen LogP contribution in [0.4, 0.5) is 4.39 Å². The Labute approximate surface area is 161 Å². The highest BCUT2D eigenvalue weighted by Crippen LogP contribution is 2.16. The zero-order valence-corrected chi connectivity index (χ0v) is 15.3. The number of hydrogen-bond donors (Lipinski definition) is 1. The molecule has 0 spiro atoms. The van der Waals surface area contributed by atoms with Crippen molar-refractivity contribution in [2.45, 2.75) is 13.3 Å². The molecule has 28 heavy (non-hydrogen) atoms. The highest BCUT2D eigenvalue weighted by Gasteiger charge is 2.15. The summed E-state index contributed by atoms with van der Waals surface area (Å²) >= 11 is 0. The van der Waals surface area contributed by atoms with Crippen LogP contribution in [0.2, 0.25) is 0 Å². The first-order valence-corrected chi connectivity index (χ1v) is 8.92. The number of carbonyl (C=O) groups excluding carboxylic acids is 1. The molecule has 0 aliphatic rings. The molecule has 0 fully saturated rings. The number of aromatic nitrogens is 4. The second-order valence-electron chi connectivity index (χ2n) is 6.37. The molecule has 0 bridgehead atoms. The van der Waals surface area contributed by atoms with Gasteiger partial charge in [-0.15, -0.1) is 5.10 Å². The summed E-state index contributed by atoms with van der Waals surface area (Å²) in [5.41, 5.74) is 2.65. The predicted molar refractivity (Wildman–Crippen MR) is 104 cm³/mol. The predicted octanol–water partition coefficient (Wildman–Crippen LogP) is 3.24. The lowest BCUT2D eigenvalue weighted by Crippen LogP contribution is -2.27. The Balaban J connectivity index is 1.44. The van der Waals surface area contributed by atoms with E-state index in [1.54, 1.807) is 25.3 Å². The van der Waals surface area contributed by atoms with Crippen LogP contribution in [-0.2, 0) is 6.42 Å². The summed E-state index contributed by atoms with van der Waals surface area (Å²) in [5.74, 6) is -0.0487. The van der Waals surface area contributed by atoms with Gasteiger partial charge in [0.1, 0.15) is 11.6 Å². The summed E-state index contributed by atoms with van der Waals surface area (Å²) in [4.78, 5) is 21.1. The molecule has 0 saturated carbocycles. The first-order valence-electron chi connectivity index (χ1n) is 8.92. The number of fused-ring (bicyclic) bond motifs is 1. The Kier molecular flexibility index (Phi) is 4.80. The fourth-order valence-electron chi connectivity index (χ4n) is 3.07. The van der Waals surface area contributed by atoms with Crippen molar-refractivity contribution in [1.82, 2.24) is 25.1 Å². The molecule has 0 aliphatic carbocycles. The van der Waals surface area contributed by atoms with Crippen molar-refractivity contribution in [3.8, 4) is 5.69 Å².